The number of aryl methyl sites for hydroxylation is 2. The number of nitrogen functional groups attached to an aromatic ring is 1. The maximum Gasteiger partial charge on any atom is 0.0702 e. The molecule has 108 valence electrons. The number of hydrogen-bond donors (Lipinski definition) is 1. The molecular formula is C14H18ClN3OS. The first-order valence-electron chi connectivity index (χ1n) is 6.54. The van der Waals surface area contributed by atoms with E-state index >= 15 is 0 Å². The lowest BCUT2D eigenvalue weighted by atomic mass is 10.3. The molecule has 0 radical (unpaired) electrons. The second kappa shape index (κ2) is 6.41. The van der Waals surface area contributed by atoms with Gasteiger partial charge in [-0.1, -0.05) is 18.5 Å². The van der Waals surface area contributed by atoms with Crippen LogP contribution in [-0.2, 0) is 29.5 Å². The van der Waals surface area contributed by atoms with Gasteiger partial charge in [0.05, 0.1) is 38.7 Å². The Morgan fingerprint density at radius 3 is 2.70 bits per heavy atom. The summed E-state index contributed by atoms with van der Waals surface area (Å²) >= 11 is 5.97. The minimum atomic E-state index is -1.15. The van der Waals surface area contributed by atoms with Crippen LogP contribution in [0.2, 0.25) is 5.02 Å². The number of aromatic nitrogens is 2. The average Bonchev–Trinajstić information content (AvgIpc) is 2.84. The van der Waals surface area contributed by atoms with E-state index in [4.69, 9.17) is 17.3 Å². The van der Waals surface area contributed by atoms with Crippen molar-refractivity contribution >= 4 is 28.1 Å². The van der Waals surface area contributed by atoms with Gasteiger partial charge in [0.1, 0.15) is 0 Å². The van der Waals surface area contributed by atoms with Gasteiger partial charge >= 0.3 is 0 Å². The van der Waals surface area contributed by atoms with E-state index < -0.39 is 10.8 Å². The molecule has 1 aromatic carbocycles. The van der Waals surface area contributed by atoms with E-state index in [-0.39, 0.29) is 0 Å². The summed E-state index contributed by atoms with van der Waals surface area (Å²) in [5.74, 6) is 0.432. The minimum Gasteiger partial charge on any atom is -0.398 e. The fourth-order valence-electron chi connectivity index (χ4n) is 1.94. The van der Waals surface area contributed by atoms with Crippen molar-refractivity contribution in [2.24, 2.45) is 0 Å². The topological polar surface area (TPSA) is 60.9 Å². The van der Waals surface area contributed by atoms with E-state index in [1.807, 2.05) is 17.7 Å². The van der Waals surface area contributed by atoms with Crippen molar-refractivity contribution in [3.05, 3.63) is 40.7 Å². The van der Waals surface area contributed by atoms with Crippen LogP contribution < -0.4 is 5.73 Å². The molecule has 1 heterocycles. The quantitative estimate of drug-likeness (QED) is 0.863. The number of nitrogens with two attached hydrogens (primary N) is 1. The molecule has 0 bridgehead atoms. The van der Waals surface area contributed by atoms with E-state index in [9.17, 15) is 4.21 Å². The molecule has 6 heteroatoms. The molecule has 0 amide bonds. The third kappa shape index (κ3) is 3.22. The van der Waals surface area contributed by atoms with Crippen molar-refractivity contribution in [2.75, 3.05) is 5.73 Å². The largest absolute Gasteiger partial charge is 0.398 e. The smallest absolute Gasteiger partial charge is 0.0702 e. The van der Waals surface area contributed by atoms with Gasteiger partial charge in [0.25, 0.3) is 0 Å². The van der Waals surface area contributed by atoms with Crippen molar-refractivity contribution in [2.45, 2.75) is 37.5 Å². The Bertz CT molecular complexity index is 639. The molecule has 0 aliphatic carbocycles. The van der Waals surface area contributed by atoms with Crippen molar-refractivity contribution < 1.29 is 4.21 Å². The molecule has 2 N–H and O–H groups in total. The SMILES string of the molecule is CCc1cc(CS(=O)c2ccc(N)c(Cl)c2)n(CC)n1. The summed E-state index contributed by atoms with van der Waals surface area (Å²) in [6.07, 6.45) is 0.875. The first kappa shape index (κ1) is 15.1. The maximum absolute atomic E-state index is 12.4. The Hall–Kier alpha value is -1.33. The van der Waals surface area contributed by atoms with Gasteiger partial charge in [0.2, 0.25) is 0 Å². The molecular weight excluding hydrogens is 294 g/mol. The normalized spacial score (nSPS) is 12.6. The lowest BCUT2D eigenvalue weighted by Crippen LogP contribution is -2.06. The summed E-state index contributed by atoms with van der Waals surface area (Å²) in [5, 5.41) is 4.90. The molecule has 1 unspecified atom stereocenters. The van der Waals surface area contributed by atoms with Gasteiger partial charge in [-0.3, -0.25) is 8.89 Å². The molecule has 20 heavy (non-hydrogen) atoms. The van der Waals surface area contributed by atoms with Crippen LogP contribution in [0.25, 0.3) is 0 Å². The zero-order chi connectivity index (χ0) is 14.7. The molecule has 4 nitrogen and oxygen atoms in total. The summed E-state index contributed by atoms with van der Waals surface area (Å²) in [6.45, 7) is 4.86. The van der Waals surface area contributed by atoms with Gasteiger partial charge < -0.3 is 5.73 Å². The van der Waals surface area contributed by atoms with Crippen LogP contribution in [0.5, 0.6) is 0 Å². The van der Waals surface area contributed by atoms with Crippen LogP contribution in [0.4, 0.5) is 5.69 Å². The Morgan fingerprint density at radius 2 is 2.10 bits per heavy atom. The fourth-order valence-corrected chi connectivity index (χ4v) is 3.33. The van der Waals surface area contributed by atoms with Gasteiger partial charge in [0.15, 0.2) is 0 Å². The van der Waals surface area contributed by atoms with Crippen molar-refractivity contribution in [3.63, 3.8) is 0 Å². The molecule has 1 atom stereocenters. The minimum absolute atomic E-state index is 0.432. The third-order valence-corrected chi connectivity index (χ3v) is 4.75. The standard InChI is InChI=1S/C14H18ClN3OS/c1-3-10-7-11(18(4-2)17-10)9-20(19)12-5-6-14(16)13(15)8-12/h5-8H,3-4,9,16H2,1-2H3. The van der Waals surface area contributed by atoms with Crippen molar-refractivity contribution in [1.82, 2.24) is 9.78 Å². The predicted molar refractivity (Wildman–Crippen MR) is 83.3 cm³/mol. The number of rotatable bonds is 5. The highest BCUT2D eigenvalue weighted by molar-refractivity contribution is 7.84. The third-order valence-electron chi connectivity index (χ3n) is 3.09. The Balaban J connectivity index is 2.22. The molecule has 0 aliphatic rings. The van der Waals surface area contributed by atoms with Crippen LogP contribution in [0.1, 0.15) is 25.2 Å². The predicted octanol–water partition coefficient (Wildman–Crippen LogP) is 3.01. The summed E-state index contributed by atoms with van der Waals surface area (Å²) in [6, 6.07) is 7.12. The lowest BCUT2D eigenvalue weighted by molar-refractivity contribution is 0.623. The fraction of sp³-hybridized carbons (Fsp3) is 0.357. The molecule has 1 aromatic heterocycles. The van der Waals surface area contributed by atoms with E-state index in [1.165, 1.54) is 0 Å². The summed E-state index contributed by atoms with van der Waals surface area (Å²) in [5.41, 5.74) is 8.17. The van der Waals surface area contributed by atoms with Gasteiger partial charge in [-0.15, -0.1) is 0 Å². The Morgan fingerprint density at radius 1 is 1.35 bits per heavy atom. The monoisotopic (exact) mass is 311 g/mol. The highest BCUT2D eigenvalue weighted by Crippen LogP contribution is 2.23. The number of anilines is 1. The Kier molecular flexibility index (Phi) is 4.83. The first-order chi connectivity index (χ1) is 9.55. The molecule has 2 aromatic rings. The zero-order valence-corrected chi connectivity index (χ0v) is 13.2. The molecule has 0 fully saturated rings. The molecule has 0 saturated heterocycles. The highest BCUT2D eigenvalue weighted by Gasteiger charge is 2.12. The number of nitrogens with zero attached hydrogens (tertiary/aromatic N) is 2. The van der Waals surface area contributed by atoms with Crippen molar-refractivity contribution in [1.29, 1.82) is 0 Å². The summed E-state index contributed by atoms with van der Waals surface area (Å²) < 4.78 is 14.3. The van der Waals surface area contributed by atoms with Crippen LogP contribution in [-0.4, -0.2) is 14.0 Å². The number of benzene rings is 1. The second-order valence-corrected chi connectivity index (χ2v) is 6.33. The Labute approximate surface area is 126 Å². The molecule has 0 spiro atoms. The van der Waals surface area contributed by atoms with Gasteiger partial charge in [-0.2, -0.15) is 5.10 Å². The molecule has 0 aliphatic heterocycles. The van der Waals surface area contributed by atoms with Crippen LogP contribution in [0.15, 0.2) is 29.2 Å². The zero-order valence-electron chi connectivity index (χ0n) is 11.6. The van der Waals surface area contributed by atoms with Gasteiger partial charge in [-0.25, -0.2) is 0 Å². The van der Waals surface area contributed by atoms with E-state index in [0.717, 1.165) is 24.4 Å². The van der Waals surface area contributed by atoms with Crippen LogP contribution in [0.3, 0.4) is 0 Å². The molecule has 0 saturated carbocycles. The molecule has 2 rings (SSSR count). The maximum atomic E-state index is 12.4. The van der Waals surface area contributed by atoms with E-state index in [1.54, 1.807) is 18.2 Å². The van der Waals surface area contributed by atoms with E-state index in [0.29, 0.717) is 21.4 Å². The summed E-state index contributed by atoms with van der Waals surface area (Å²) in [7, 11) is -1.15. The summed E-state index contributed by atoms with van der Waals surface area (Å²) in [4.78, 5) is 0.686. The van der Waals surface area contributed by atoms with Gasteiger partial charge in [-0.05, 0) is 37.6 Å². The van der Waals surface area contributed by atoms with Crippen LogP contribution >= 0.6 is 11.6 Å². The highest BCUT2D eigenvalue weighted by atomic mass is 35.5. The second-order valence-electron chi connectivity index (χ2n) is 4.47. The van der Waals surface area contributed by atoms with Gasteiger partial charge in [0, 0.05) is 11.4 Å². The van der Waals surface area contributed by atoms with Crippen LogP contribution in [0, 0.1) is 0 Å². The number of halogens is 1. The number of hydrogen-bond acceptors (Lipinski definition) is 3. The lowest BCUT2D eigenvalue weighted by Gasteiger charge is -2.06. The average molecular weight is 312 g/mol. The van der Waals surface area contributed by atoms with E-state index in [2.05, 4.69) is 12.0 Å². The first-order valence-corrected chi connectivity index (χ1v) is 8.23. The van der Waals surface area contributed by atoms with Crippen molar-refractivity contribution in [3.8, 4) is 0 Å².